The molecule has 1 heterocycles. The van der Waals surface area contributed by atoms with E-state index in [0.29, 0.717) is 17.1 Å². The second-order valence-electron chi connectivity index (χ2n) is 5.89. The summed E-state index contributed by atoms with van der Waals surface area (Å²) in [5.74, 6) is -0.151. The molecular weight excluding hydrogens is 353 g/mol. The van der Waals surface area contributed by atoms with Crippen molar-refractivity contribution in [2.24, 2.45) is 0 Å². The first-order valence-electron chi connectivity index (χ1n) is 8.30. The van der Waals surface area contributed by atoms with Crippen molar-refractivity contribution in [2.75, 3.05) is 13.4 Å². The average molecular weight is 371 g/mol. The number of hydrogen-bond donors (Lipinski definition) is 1. The maximum absolute atomic E-state index is 12.8. The number of nitrogens with one attached hydrogen (secondary N) is 1. The molecule has 0 saturated heterocycles. The van der Waals surface area contributed by atoms with Gasteiger partial charge in [-0.1, -0.05) is 18.2 Å². The quantitative estimate of drug-likeness (QED) is 0.624. The van der Waals surface area contributed by atoms with E-state index in [0.717, 1.165) is 5.56 Å². The highest BCUT2D eigenvalue weighted by Crippen LogP contribution is 2.34. The summed E-state index contributed by atoms with van der Waals surface area (Å²) in [5.41, 5.74) is 1.49. The van der Waals surface area contributed by atoms with Gasteiger partial charge in [0, 0.05) is 6.08 Å². The predicted molar refractivity (Wildman–Crippen MR) is 95.5 cm³/mol. The number of amides is 1. The van der Waals surface area contributed by atoms with Crippen molar-refractivity contribution in [1.29, 1.82) is 0 Å². The van der Waals surface area contributed by atoms with Gasteiger partial charge in [-0.05, 0) is 48.4 Å². The van der Waals surface area contributed by atoms with E-state index < -0.39 is 18.5 Å². The van der Waals surface area contributed by atoms with Crippen molar-refractivity contribution < 1.29 is 28.2 Å². The minimum absolute atomic E-state index is 0.181. The molecule has 1 aliphatic heterocycles. The van der Waals surface area contributed by atoms with Crippen LogP contribution in [0.5, 0.6) is 11.5 Å². The predicted octanol–water partition coefficient (Wildman–Crippen LogP) is 2.99. The van der Waals surface area contributed by atoms with Crippen molar-refractivity contribution in [3.63, 3.8) is 0 Å². The van der Waals surface area contributed by atoms with E-state index >= 15 is 0 Å². The molecule has 0 aromatic heterocycles. The van der Waals surface area contributed by atoms with E-state index in [9.17, 15) is 14.0 Å². The summed E-state index contributed by atoms with van der Waals surface area (Å²) in [7, 11) is 0. The Labute approximate surface area is 155 Å². The summed E-state index contributed by atoms with van der Waals surface area (Å²) >= 11 is 0. The van der Waals surface area contributed by atoms with Crippen LogP contribution in [0.1, 0.15) is 24.1 Å². The topological polar surface area (TPSA) is 73.9 Å². The van der Waals surface area contributed by atoms with Gasteiger partial charge in [-0.3, -0.25) is 4.79 Å². The molecule has 0 aliphatic carbocycles. The Bertz CT molecular complexity index is 863. The molecule has 1 aliphatic rings. The van der Waals surface area contributed by atoms with E-state index in [-0.39, 0.29) is 18.7 Å². The third-order valence-corrected chi connectivity index (χ3v) is 3.90. The van der Waals surface area contributed by atoms with E-state index in [1.165, 1.54) is 36.4 Å². The molecule has 2 aromatic carbocycles. The third-order valence-electron chi connectivity index (χ3n) is 3.90. The van der Waals surface area contributed by atoms with E-state index in [2.05, 4.69) is 5.32 Å². The van der Waals surface area contributed by atoms with Gasteiger partial charge < -0.3 is 19.5 Å². The highest BCUT2D eigenvalue weighted by Gasteiger charge is 2.17. The molecule has 1 atom stereocenters. The Hall–Kier alpha value is -3.35. The Morgan fingerprint density at radius 2 is 1.93 bits per heavy atom. The van der Waals surface area contributed by atoms with Crippen molar-refractivity contribution in [1.82, 2.24) is 5.32 Å². The van der Waals surface area contributed by atoms with Crippen LogP contribution in [0.3, 0.4) is 0 Å². The zero-order valence-electron chi connectivity index (χ0n) is 14.6. The maximum Gasteiger partial charge on any atom is 0.331 e. The molecule has 7 heteroatoms. The highest BCUT2D eigenvalue weighted by atomic mass is 19.1. The van der Waals surface area contributed by atoms with Crippen LogP contribution in [0.4, 0.5) is 4.39 Å². The number of benzene rings is 2. The van der Waals surface area contributed by atoms with Gasteiger partial charge in [-0.25, -0.2) is 9.18 Å². The van der Waals surface area contributed by atoms with Gasteiger partial charge in [0.15, 0.2) is 18.1 Å². The molecule has 0 bridgehead atoms. The van der Waals surface area contributed by atoms with Crippen LogP contribution < -0.4 is 14.8 Å². The lowest BCUT2D eigenvalue weighted by Crippen LogP contribution is -2.30. The Balaban J connectivity index is 1.46. The van der Waals surface area contributed by atoms with Crippen LogP contribution in [0.25, 0.3) is 6.08 Å². The van der Waals surface area contributed by atoms with Crippen molar-refractivity contribution in [2.45, 2.75) is 13.0 Å². The van der Waals surface area contributed by atoms with Crippen LogP contribution in [0, 0.1) is 5.82 Å². The Morgan fingerprint density at radius 3 is 2.70 bits per heavy atom. The first-order chi connectivity index (χ1) is 13.0. The summed E-state index contributed by atoms with van der Waals surface area (Å²) < 4.78 is 28.3. The molecule has 1 N–H and O–H groups in total. The van der Waals surface area contributed by atoms with Gasteiger partial charge in [-0.2, -0.15) is 0 Å². The summed E-state index contributed by atoms with van der Waals surface area (Å²) in [4.78, 5) is 23.6. The Morgan fingerprint density at radius 1 is 1.19 bits per heavy atom. The molecule has 6 nitrogen and oxygen atoms in total. The first-order valence-corrected chi connectivity index (χ1v) is 8.30. The average Bonchev–Trinajstić information content (AvgIpc) is 3.13. The van der Waals surface area contributed by atoms with Crippen molar-refractivity contribution >= 4 is 18.0 Å². The highest BCUT2D eigenvalue weighted by molar-refractivity contribution is 5.89. The number of rotatable bonds is 6. The number of esters is 1. The molecule has 0 saturated carbocycles. The fraction of sp³-hybridized carbons (Fsp3) is 0.200. The van der Waals surface area contributed by atoms with Crippen molar-refractivity contribution in [3.05, 3.63) is 65.5 Å². The molecule has 1 amide bonds. The van der Waals surface area contributed by atoms with Crippen LogP contribution in [0.15, 0.2) is 48.5 Å². The number of carbonyl (C=O) groups excluding carboxylic acids is 2. The fourth-order valence-electron chi connectivity index (χ4n) is 2.47. The van der Waals surface area contributed by atoms with Gasteiger partial charge in [0.25, 0.3) is 5.91 Å². The fourth-order valence-corrected chi connectivity index (χ4v) is 2.47. The zero-order chi connectivity index (χ0) is 19.2. The number of ether oxygens (including phenoxy) is 3. The molecule has 0 radical (unpaired) electrons. The van der Waals surface area contributed by atoms with Gasteiger partial charge in [0.2, 0.25) is 6.79 Å². The molecule has 2 aromatic rings. The lowest BCUT2D eigenvalue weighted by molar-refractivity contribution is -0.144. The van der Waals surface area contributed by atoms with Crippen molar-refractivity contribution in [3.8, 4) is 11.5 Å². The SMILES string of the molecule is C[C@@H](NC(=O)COC(=O)/C=C/c1ccc(F)cc1)c1ccc2c(c1)OCO2. The third kappa shape index (κ3) is 5.07. The lowest BCUT2D eigenvalue weighted by atomic mass is 10.1. The zero-order valence-corrected chi connectivity index (χ0v) is 14.6. The summed E-state index contributed by atoms with van der Waals surface area (Å²) in [6, 6.07) is 10.7. The van der Waals surface area contributed by atoms with Crippen LogP contribution in [-0.2, 0) is 14.3 Å². The van der Waals surface area contributed by atoms with Gasteiger partial charge in [0.05, 0.1) is 6.04 Å². The van der Waals surface area contributed by atoms with Crippen LogP contribution >= 0.6 is 0 Å². The smallest absolute Gasteiger partial charge is 0.331 e. The second-order valence-corrected chi connectivity index (χ2v) is 5.89. The summed E-state index contributed by atoms with van der Waals surface area (Å²) in [6.07, 6.45) is 2.66. The largest absolute Gasteiger partial charge is 0.454 e. The molecule has 27 heavy (non-hydrogen) atoms. The number of carbonyl (C=O) groups is 2. The first kappa shape index (κ1) is 18.4. The number of halogens is 1. The van der Waals surface area contributed by atoms with Gasteiger partial charge in [-0.15, -0.1) is 0 Å². The van der Waals surface area contributed by atoms with Crippen LogP contribution in [-0.4, -0.2) is 25.3 Å². The van der Waals surface area contributed by atoms with E-state index in [4.69, 9.17) is 14.2 Å². The molecule has 0 unspecified atom stereocenters. The van der Waals surface area contributed by atoms with E-state index in [1.807, 2.05) is 13.0 Å². The molecule has 140 valence electrons. The molecule has 3 rings (SSSR count). The molecular formula is C20H18FNO5. The molecule has 0 fully saturated rings. The Kier molecular flexibility index (Phi) is 5.71. The maximum atomic E-state index is 12.8. The monoisotopic (exact) mass is 371 g/mol. The number of hydrogen-bond acceptors (Lipinski definition) is 5. The van der Waals surface area contributed by atoms with Crippen LogP contribution in [0.2, 0.25) is 0 Å². The number of fused-ring (bicyclic) bond motifs is 1. The van der Waals surface area contributed by atoms with E-state index in [1.54, 1.807) is 12.1 Å². The standard InChI is InChI=1S/C20H18FNO5/c1-13(15-5-8-17-18(10-15)27-12-26-17)22-19(23)11-25-20(24)9-4-14-2-6-16(21)7-3-14/h2-10,13H,11-12H2,1H3,(H,22,23)/b9-4+/t13-/m1/s1. The lowest BCUT2D eigenvalue weighted by Gasteiger charge is -2.14. The van der Waals surface area contributed by atoms with Gasteiger partial charge in [0.1, 0.15) is 5.82 Å². The minimum Gasteiger partial charge on any atom is -0.454 e. The van der Waals surface area contributed by atoms with Gasteiger partial charge >= 0.3 is 5.97 Å². The molecule has 0 spiro atoms. The normalized spacial score (nSPS) is 13.4. The second kappa shape index (κ2) is 8.35. The minimum atomic E-state index is -0.662. The summed E-state index contributed by atoms with van der Waals surface area (Å²) in [5, 5.41) is 2.74. The summed E-state index contributed by atoms with van der Waals surface area (Å²) in [6.45, 7) is 1.59.